The van der Waals surface area contributed by atoms with E-state index in [1.54, 1.807) is 6.07 Å². The summed E-state index contributed by atoms with van der Waals surface area (Å²) in [5, 5.41) is 3.54. The molecule has 1 heterocycles. The lowest BCUT2D eigenvalue weighted by molar-refractivity contribution is -0.137. The summed E-state index contributed by atoms with van der Waals surface area (Å²) in [6, 6.07) is 3.83. The molecule has 1 unspecified atom stereocenters. The van der Waals surface area contributed by atoms with E-state index in [0.717, 1.165) is 38.4 Å². The van der Waals surface area contributed by atoms with Gasteiger partial charge in [-0.15, -0.1) is 0 Å². The highest BCUT2D eigenvalue weighted by molar-refractivity contribution is 6.30. The molecule has 0 radical (unpaired) electrons. The van der Waals surface area contributed by atoms with E-state index in [9.17, 15) is 13.2 Å². The molecule has 1 fully saturated rings. The Labute approximate surface area is 134 Å². The van der Waals surface area contributed by atoms with Crippen molar-refractivity contribution in [1.29, 1.82) is 0 Å². The Morgan fingerprint density at radius 3 is 2.55 bits per heavy atom. The molecule has 22 heavy (non-hydrogen) atoms. The van der Waals surface area contributed by atoms with Crippen LogP contribution in [0.5, 0.6) is 0 Å². The molecule has 1 N–H and O–H groups in total. The summed E-state index contributed by atoms with van der Waals surface area (Å²) in [7, 11) is 4.07. The molecule has 0 saturated carbocycles. The molecule has 1 aliphatic heterocycles. The molecule has 6 heteroatoms. The number of alkyl halides is 3. The average molecular weight is 335 g/mol. The zero-order valence-corrected chi connectivity index (χ0v) is 13.7. The van der Waals surface area contributed by atoms with E-state index in [2.05, 4.69) is 10.2 Å². The summed E-state index contributed by atoms with van der Waals surface area (Å²) in [6.45, 7) is 1.87. The van der Waals surface area contributed by atoms with E-state index >= 15 is 0 Å². The number of hydrogen-bond donors (Lipinski definition) is 1. The number of benzene rings is 1. The predicted molar refractivity (Wildman–Crippen MR) is 83.3 cm³/mol. The molecule has 0 aromatic heterocycles. The summed E-state index contributed by atoms with van der Waals surface area (Å²) >= 11 is 5.85. The van der Waals surface area contributed by atoms with E-state index < -0.39 is 11.7 Å². The molecular formula is C16H22ClF3N2. The Kier molecular flexibility index (Phi) is 5.41. The van der Waals surface area contributed by atoms with Crippen molar-refractivity contribution >= 4 is 11.6 Å². The highest BCUT2D eigenvalue weighted by Crippen LogP contribution is 2.33. The van der Waals surface area contributed by atoms with Crippen molar-refractivity contribution in [2.24, 2.45) is 0 Å². The van der Waals surface area contributed by atoms with Crippen LogP contribution in [0.3, 0.4) is 0 Å². The van der Waals surface area contributed by atoms with Crippen molar-refractivity contribution in [1.82, 2.24) is 10.2 Å². The Morgan fingerprint density at radius 1 is 1.27 bits per heavy atom. The molecule has 1 saturated heterocycles. The Hall–Kier alpha value is -0.780. The van der Waals surface area contributed by atoms with Crippen molar-refractivity contribution < 1.29 is 13.2 Å². The highest BCUT2D eigenvalue weighted by Gasteiger charge is 2.34. The Balaban J connectivity index is 2.15. The summed E-state index contributed by atoms with van der Waals surface area (Å²) in [4.78, 5) is 2.19. The van der Waals surface area contributed by atoms with Crippen LogP contribution in [-0.4, -0.2) is 37.6 Å². The quantitative estimate of drug-likeness (QED) is 0.896. The van der Waals surface area contributed by atoms with Gasteiger partial charge in [-0.3, -0.25) is 0 Å². The molecule has 1 aromatic carbocycles. The molecular weight excluding hydrogens is 313 g/mol. The summed E-state index contributed by atoms with van der Waals surface area (Å²) in [5.41, 5.74) is -0.0267. The molecule has 0 spiro atoms. The number of nitrogens with zero attached hydrogens (tertiary/aromatic N) is 1. The fraction of sp³-hybridized carbons (Fsp3) is 0.625. The van der Waals surface area contributed by atoms with Gasteiger partial charge in [0, 0.05) is 17.1 Å². The van der Waals surface area contributed by atoms with Crippen LogP contribution in [0.4, 0.5) is 13.2 Å². The van der Waals surface area contributed by atoms with E-state index in [1.807, 2.05) is 14.1 Å². The van der Waals surface area contributed by atoms with Gasteiger partial charge in [-0.2, -0.15) is 13.2 Å². The Bertz CT molecular complexity index is 509. The van der Waals surface area contributed by atoms with Gasteiger partial charge in [-0.05, 0) is 70.1 Å². The van der Waals surface area contributed by atoms with Crippen molar-refractivity contribution in [3.05, 3.63) is 34.3 Å². The lowest BCUT2D eigenvalue weighted by Crippen LogP contribution is -2.55. The third kappa shape index (κ3) is 4.15. The van der Waals surface area contributed by atoms with Gasteiger partial charge in [0.1, 0.15) is 0 Å². The van der Waals surface area contributed by atoms with Crippen molar-refractivity contribution in [3.8, 4) is 0 Å². The second kappa shape index (κ2) is 6.77. The maximum absolute atomic E-state index is 12.9. The van der Waals surface area contributed by atoms with Gasteiger partial charge >= 0.3 is 6.18 Å². The first-order chi connectivity index (χ1) is 10.2. The molecule has 2 rings (SSSR count). The number of rotatable bonds is 4. The minimum atomic E-state index is -4.36. The van der Waals surface area contributed by atoms with Gasteiger partial charge in [0.25, 0.3) is 0 Å². The van der Waals surface area contributed by atoms with Crippen molar-refractivity contribution in [2.45, 2.75) is 37.4 Å². The number of aryl methyl sites for hydroxylation is 1. The van der Waals surface area contributed by atoms with Crippen LogP contribution in [0.25, 0.3) is 0 Å². The summed E-state index contributed by atoms with van der Waals surface area (Å²) in [6.07, 6.45) is -0.819. The minimum Gasteiger partial charge on any atom is -0.315 e. The fourth-order valence-corrected chi connectivity index (χ4v) is 3.36. The molecule has 1 aromatic rings. The molecule has 1 atom stereocenters. The summed E-state index contributed by atoms with van der Waals surface area (Å²) < 4.78 is 38.6. The fourth-order valence-electron chi connectivity index (χ4n) is 3.11. The van der Waals surface area contributed by atoms with Crippen LogP contribution in [-0.2, 0) is 12.6 Å². The first-order valence-corrected chi connectivity index (χ1v) is 7.86. The number of nitrogens with one attached hydrogen (secondary N) is 1. The number of halogens is 4. The first-order valence-electron chi connectivity index (χ1n) is 7.48. The third-order valence-electron chi connectivity index (χ3n) is 4.56. The monoisotopic (exact) mass is 334 g/mol. The van der Waals surface area contributed by atoms with Crippen LogP contribution in [0.2, 0.25) is 5.02 Å². The maximum Gasteiger partial charge on any atom is 0.416 e. The van der Waals surface area contributed by atoms with Gasteiger partial charge in [-0.1, -0.05) is 11.6 Å². The standard InChI is InChI=1S/C16H22ClF3N2/c1-22(2)15(5-3-7-21-11-15)6-4-12-8-13(16(18,19)20)10-14(17)9-12/h8-10,21H,3-7,11H2,1-2H3. The third-order valence-corrected chi connectivity index (χ3v) is 4.78. The van der Waals surface area contributed by atoms with Gasteiger partial charge in [0.2, 0.25) is 0 Å². The van der Waals surface area contributed by atoms with Crippen LogP contribution < -0.4 is 5.32 Å². The van der Waals surface area contributed by atoms with Crippen molar-refractivity contribution in [2.75, 3.05) is 27.2 Å². The number of likely N-dealkylation sites (N-methyl/N-ethyl adjacent to an activating group) is 1. The zero-order valence-electron chi connectivity index (χ0n) is 12.9. The van der Waals surface area contributed by atoms with E-state index in [1.165, 1.54) is 6.07 Å². The molecule has 0 amide bonds. The van der Waals surface area contributed by atoms with Gasteiger partial charge in [0.05, 0.1) is 5.56 Å². The van der Waals surface area contributed by atoms with E-state index in [0.29, 0.717) is 12.0 Å². The topological polar surface area (TPSA) is 15.3 Å². The average Bonchev–Trinajstić information content (AvgIpc) is 2.44. The smallest absolute Gasteiger partial charge is 0.315 e. The first kappa shape index (κ1) is 17.6. The highest BCUT2D eigenvalue weighted by atomic mass is 35.5. The number of hydrogen-bond acceptors (Lipinski definition) is 2. The van der Waals surface area contributed by atoms with Crippen LogP contribution in [0.15, 0.2) is 18.2 Å². The SMILES string of the molecule is CN(C)C1(CCc2cc(Cl)cc(C(F)(F)F)c2)CCCNC1. The zero-order chi connectivity index (χ0) is 16.4. The molecule has 1 aliphatic rings. The predicted octanol–water partition coefficient (Wildman–Crippen LogP) is 3.98. The molecule has 2 nitrogen and oxygen atoms in total. The van der Waals surface area contributed by atoms with Crippen LogP contribution in [0, 0.1) is 0 Å². The largest absolute Gasteiger partial charge is 0.416 e. The van der Waals surface area contributed by atoms with Gasteiger partial charge in [-0.25, -0.2) is 0 Å². The van der Waals surface area contributed by atoms with Gasteiger partial charge in [0.15, 0.2) is 0 Å². The number of piperidine rings is 1. The second-order valence-electron chi connectivity index (χ2n) is 6.25. The normalized spacial score (nSPS) is 23.0. The minimum absolute atomic E-state index is 0.00103. The van der Waals surface area contributed by atoms with Gasteiger partial charge < -0.3 is 10.2 Å². The van der Waals surface area contributed by atoms with Crippen molar-refractivity contribution in [3.63, 3.8) is 0 Å². The second-order valence-corrected chi connectivity index (χ2v) is 6.68. The lowest BCUT2D eigenvalue weighted by atomic mass is 9.83. The lowest BCUT2D eigenvalue weighted by Gasteiger charge is -2.43. The van der Waals surface area contributed by atoms with Crippen LogP contribution in [0.1, 0.15) is 30.4 Å². The summed E-state index contributed by atoms with van der Waals surface area (Å²) in [5.74, 6) is 0. The molecule has 0 aliphatic carbocycles. The molecule has 124 valence electrons. The van der Waals surface area contributed by atoms with Crippen LogP contribution >= 0.6 is 11.6 Å². The Morgan fingerprint density at radius 2 is 2.00 bits per heavy atom. The maximum atomic E-state index is 12.9. The van der Waals surface area contributed by atoms with E-state index in [4.69, 9.17) is 11.6 Å². The van der Waals surface area contributed by atoms with E-state index in [-0.39, 0.29) is 10.6 Å². The molecule has 0 bridgehead atoms.